The Morgan fingerprint density at radius 3 is 1.12 bits per heavy atom. The molecule has 23 aromatic rings. The molecule has 604 valence electrons. The van der Waals surface area contributed by atoms with Gasteiger partial charge in [0.25, 0.3) is 0 Å². The minimum atomic E-state index is 0.992. The second kappa shape index (κ2) is 32.0. The molecule has 0 amide bonds. The Morgan fingerprint density at radius 1 is 0.186 bits per heavy atom. The number of rotatable bonds is 9. The highest BCUT2D eigenvalue weighted by Crippen LogP contribution is 2.57. The Hall–Kier alpha value is -17.4. The predicted molar refractivity (Wildman–Crippen MR) is 538 cm³/mol. The van der Waals surface area contributed by atoms with Gasteiger partial charge in [-0.15, -0.1) is 0 Å². The van der Waals surface area contributed by atoms with Gasteiger partial charge in [0, 0.05) is 113 Å². The molecule has 18 aromatic carbocycles. The van der Waals surface area contributed by atoms with E-state index in [1.807, 2.05) is 43.1 Å². The number of aromatic nitrogens is 5. The Kier molecular flexibility index (Phi) is 18.7. The molecule has 5 aromatic heterocycles. The molecule has 0 spiro atoms. The van der Waals surface area contributed by atoms with Crippen LogP contribution in [0.15, 0.2) is 480 Å². The summed E-state index contributed by atoms with van der Waals surface area (Å²) in [5, 5.41) is 12.4. The van der Waals surface area contributed by atoms with E-state index >= 15 is 0 Å². The van der Waals surface area contributed by atoms with E-state index in [0.717, 1.165) is 90.6 Å². The van der Waals surface area contributed by atoms with E-state index in [1.165, 1.54) is 138 Å². The van der Waals surface area contributed by atoms with Gasteiger partial charge in [-0.25, -0.2) is 4.98 Å². The number of hydrogen-bond donors (Lipinski definition) is 0. The number of anilines is 12. The van der Waals surface area contributed by atoms with E-state index in [4.69, 9.17) is 9.97 Å². The fourth-order valence-electron chi connectivity index (χ4n) is 19.8. The summed E-state index contributed by atoms with van der Waals surface area (Å²) in [5.41, 5.74) is 36.2. The molecule has 0 radical (unpaired) electrons. The molecule has 0 saturated heterocycles. The van der Waals surface area contributed by atoms with Gasteiger partial charge in [-0.2, -0.15) is 0 Å². The highest BCUT2D eigenvalue weighted by molar-refractivity contribution is 6.19. The van der Waals surface area contributed by atoms with Gasteiger partial charge in [-0.1, -0.05) is 285 Å². The van der Waals surface area contributed by atoms with E-state index in [-0.39, 0.29) is 0 Å². The van der Waals surface area contributed by atoms with Gasteiger partial charge in [0.1, 0.15) is 0 Å². The van der Waals surface area contributed by atoms with Gasteiger partial charge < -0.3 is 24.2 Å². The van der Waals surface area contributed by atoms with Gasteiger partial charge in [0.2, 0.25) is 0 Å². The molecular formula is C120H79N9. The molecule has 0 saturated carbocycles. The summed E-state index contributed by atoms with van der Waals surface area (Å²) >= 11 is 0. The lowest BCUT2D eigenvalue weighted by Crippen LogP contribution is -2.16. The number of para-hydroxylation sites is 6. The molecule has 4 aliphatic rings. The Balaban J connectivity index is 0.0000000970. The van der Waals surface area contributed by atoms with Gasteiger partial charge in [0.05, 0.1) is 79.8 Å². The SMILES string of the molecule is c1ccc(-c2cc3c4c(cccc4c2)N(c2ccccc2)c2cccnc2-3)cc1.c1ccc(-c2cc3c4c(cccc4c2)N(c2ccccc2)c2ccncc2-3)cc1.c1ccc(-c2cc3c4c(cccc4c2)N(c2ccccc2)c2cnccc2-3)cc1.c1ccc(-c2cc3cccc4c3c(n2)-c2ccccc2N4c2cccc(-n3c4ccccc4c4ccccc43)c2)cc1. The standard InChI is InChI=1S/C39H25N3.3C27H18N2/c1-2-12-26(13-3-1)33-24-27-14-10-23-37-38(27)39(40-33)32-19-6-9-22-36(32)42(37)29-16-11-15-28(25-29)41-34-20-7-4-17-30(34)31-18-5-8-21-35(31)41;1-3-9-19(10-4-1)21-17-20-11-7-14-24-26(20)23(18-21)27-25(15-8-16-28-27)29(24)22-12-5-2-6-13-22;1-3-8-19(9-4-1)21-16-20-10-7-13-26-27(20)23(17-21)24-18-28-15-14-25(24)29(26)22-11-5-2-6-12-22;1-3-8-19(9-4-1)21-16-20-10-7-13-25-27(20)24(17-21)23-14-15-28-18-26(23)29(25)22-11-5-2-6-12-22/h1-25H;3*1-18H. The van der Waals surface area contributed by atoms with Crippen molar-refractivity contribution in [1.29, 1.82) is 0 Å². The van der Waals surface area contributed by atoms with E-state index in [2.05, 4.69) is 471 Å². The number of fused-ring (bicyclic) bond motifs is 11. The van der Waals surface area contributed by atoms with E-state index in [9.17, 15) is 0 Å². The van der Waals surface area contributed by atoms with Crippen molar-refractivity contribution in [2.45, 2.75) is 0 Å². The number of pyridine rings is 4. The Bertz CT molecular complexity index is 7690. The van der Waals surface area contributed by atoms with Crippen molar-refractivity contribution in [2.75, 3.05) is 19.6 Å². The van der Waals surface area contributed by atoms with Crippen LogP contribution in [-0.2, 0) is 0 Å². The van der Waals surface area contributed by atoms with Gasteiger partial charge in [-0.3, -0.25) is 15.0 Å². The van der Waals surface area contributed by atoms with Crippen LogP contribution in [0.3, 0.4) is 0 Å². The summed E-state index contributed by atoms with van der Waals surface area (Å²) in [6, 6.07) is 159. The smallest absolute Gasteiger partial charge is 0.0949 e. The molecule has 0 bridgehead atoms. The van der Waals surface area contributed by atoms with E-state index < -0.39 is 0 Å². The van der Waals surface area contributed by atoms with Crippen LogP contribution >= 0.6 is 0 Å². The fourth-order valence-corrected chi connectivity index (χ4v) is 19.8. The molecule has 4 aliphatic heterocycles. The third-order valence-electron chi connectivity index (χ3n) is 25.4. The number of nitrogens with zero attached hydrogens (tertiary/aromatic N) is 9. The van der Waals surface area contributed by atoms with Crippen molar-refractivity contribution in [3.8, 4) is 95.1 Å². The molecule has 27 rings (SSSR count). The molecule has 0 fully saturated rings. The second-order valence-electron chi connectivity index (χ2n) is 32.8. The molecule has 0 unspecified atom stereocenters. The minimum Gasteiger partial charge on any atom is -0.309 e. The van der Waals surface area contributed by atoms with Crippen molar-refractivity contribution in [3.63, 3.8) is 0 Å². The van der Waals surface area contributed by atoms with Crippen LogP contribution in [0, 0.1) is 0 Å². The first-order valence-electron chi connectivity index (χ1n) is 43.8. The monoisotopic (exact) mass is 1650 g/mol. The zero-order valence-electron chi connectivity index (χ0n) is 70.1. The van der Waals surface area contributed by atoms with Gasteiger partial charge in [0.15, 0.2) is 0 Å². The van der Waals surface area contributed by atoms with E-state index in [0.29, 0.717) is 0 Å². The maximum atomic E-state index is 5.27. The Morgan fingerprint density at radius 2 is 0.566 bits per heavy atom. The van der Waals surface area contributed by atoms with Gasteiger partial charge >= 0.3 is 0 Å². The molecule has 0 aliphatic carbocycles. The molecular weight excluding hydrogens is 1570 g/mol. The molecule has 9 heteroatoms. The second-order valence-corrected chi connectivity index (χ2v) is 32.8. The van der Waals surface area contributed by atoms with Crippen molar-refractivity contribution >= 4 is 133 Å². The van der Waals surface area contributed by atoms with Crippen LogP contribution in [0.1, 0.15) is 0 Å². The maximum Gasteiger partial charge on any atom is 0.0949 e. The molecule has 0 atom stereocenters. The first-order valence-corrected chi connectivity index (χ1v) is 43.8. The minimum absolute atomic E-state index is 0.992. The zero-order valence-corrected chi connectivity index (χ0v) is 70.1. The summed E-state index contributed by atoms with van der Waals surface area (Å²) in [6.45, 7) is 0. The molecule has 9 heterocycles. The van der Waals surface area contributed by atoms with Crippen molar-refractivity contribution in [2.24, 2.45) is 0 Å². The fraction of sp³-hybridized carbons (Fsp3) is 0. The van der Waals surface area contributed by atoms with Crippen molar-refractivity contribution in [1.82, 2.24) is 24.5 Å². The summed E-state index contributed by atoms with van der Waals surface area (Å²) in [7, 11) is 0. The number of hydrogen-bond acceptors (Lipinski definition) is 8. The third kappa shape index (κ3) is 13.2. The molecule has 9 nitrogen and oxygen atoms in total. The van der Waals surface area contributed by atoms with Crippen LogP contribution < -0.4 is 19.6 Å². The van der Waals surface area contributed by atoms with Crippen LogP contribution in [-0.4, -0.2) is 24.5 Å². The Labute approximate surface area is 747 Å². The summed E-state index contributed by atoms with van der Waals surface area (Å²) in [5.74, 6) is 0. The molecule has 129 heavy (non-hydrogen) atoms. The van der Waals surface area contributed by atoms with Crippen LogP contribution in [0.2, 0.25) is 0 Å². The molecule has 0 N–H and O–H groups in total. The maximum absolute atomic E-state index is 5.27. The summed E-state index contributed by atoms with van der Waals surface area (Å²) in [6.07, 6.45) is 9.61. The van der Waals surface area contributed by atoms with E-state index in [1.54, 1.807) is 0 Å². The normalized spacial score (nSPS) is 12.1. The van der Waals surface area contributed by atoms with Crippen LogP contribution in [0.5, 0.6) is 0 Å². The largest absolute Gasteiger partial charge is 0.309 e. The highest BCUT2D eigenvalue weighted by Gasteiger charge is 2.33. The lowest BCUT2D eigenvalue weighted by molar-refractivity contribution is 1.17. The van der Waals surface area contributed by atoms with Crippen LogP contribution in [0.4, 0.5) is 68.2 Å². The van der Waals surface area contributed by atoms with Crippen molar-refractivity contribution < 1.29 is 0 Å². The third-order valence-corrected chi connectivity index (χ3v) is 25.4. The average Bonchev–Trinajstić information content (AvgIpc) is 1.28. The lowest BCUT2D eigenvalue weighted by Gasteiger charge is -2.33. The lowest BCUT2D eigenvalue weighted by atomic mass is 9.88. The van der Waals surface area contributed by atoms with Crippen LogP contribution in [0.25, 0.3) is 160 Å². The predicted octanol–water partition coefficient (Wildman–Crippen LogP) is 32.5. The highest BCUT2D eigenvalue weighted by atomic mass is 15.2. The van der Waals surface area contributed by atoms with Crippen molar-refractivity contribution in [3.05, 3.63) is 480 Å². The number of benzene rings is 18. The first kappa shape index (κ1) is 75.4. The summed E-state index contributed by atoms with van der Waals surface area (Å²) in [4.78, 5) is 28.4. The zero-order chi connectivity index (χ0) is 85.2. The quantitative estimate of drug-likeness (QED) is 0.142. The van der Waals surface area contributed by atoms with Gasteiger partial charge in [-0.05, 0) is 230 Å². The first-order chi connectivity index (χ1) is 64.0. The topological polar surface area (TPSA) is 69.5 Å². The summed E-state index contributed by atoms with van der Waals surface area (Å²) < 4.78 is 2.38. The average molecular weight is 1650 g/mol.